The largest absolute Gasteiger partial charge is 0.373 e. The van der Waals surface area contributed by atoms with Gasteiger partial charge in [-0.2, -0.15) is 0 Å². The summed E-state index contributed by atoms with van der Waals surface area (Å²) in [6.07, 6.45) is 11.1. The van der Waals surface area contributed by atoms with Crippen molar-refractivity contribution in [2.75, 3.05) is 0 Å². The number of carbonyl (C=O) groups is 2. The molecule has 1 aliphatic heterocycles. The summed E-state index contributed by atoms with van der Waals surface area (Å²) >= 11 is 1.72. The fourth-order valence-electron chi connectivity index (χ4n) is 3.22. The predicted octanol–water partition coefficient (Wildman–Crippen LogP) is 3.80. The highest BCUT2D eigenvalue weighted by Gasteiger charge is 2.29. The molecule has 1 aromatic rings. The van der Waals surface area contributed by atoms with E-state index in [0.29, 0.717) is 12.8 Å². The van der Waals surface area contributed by atoms with Crippen LogP contribution in [0.1, 0.15) is 55.0 Å². The summed E-state index contributed by atoms with van der Waals surface area (Å²) in [6.45, 7) is 5.90. The van der Waals surface area contributed by atoms with Gasteiger partial charge in [-0.25, -0.2) is 0 Å². The lowest BCUT2D eigenvalue weighted by Gasteiger charge is -2.29. The fourth-order valence-corrected chi connectivity index (χ4v) is 4.41. The third kappa shape index (κ3) is 3.76. The molecule has 1 aromatic heterocycles. The first-order valence-electron chi connectivity index (χ1n) is 8.86. The van der Waals surface area contributed by atoms with Gasteiger partial charge in [-0.3, -0.25) is 14.9 Å². The third-order valence-corrected chi connectivity index (χ3v) is 5.85. The molecule has 1 atom stereocenters. The number of thiophene rings is 1. The Kier molecular flexibility index (Phi) is 5.53. The molecule has 2 aliphatic rings. The monoisotopic (exact) mass is 356 g/mol. The zero-order chi connectivity index (χ0) is 17.8. The molecule has 1 saturated heterocycles. The highest BCUT2D eigenvalue weighted by Crippen LogP contribution is 2.38. The molecule has 1 saturated carbocycles. The maximum Gasteiger partial charge on any atom is 0.249 e. The number of piperidine rings is 1. The second-order valence-corrected chi connectivity index (χ2v) is 7.31. The van der Waals surface area contributed by atoms with Crippen molar-refractivity contribution in [1.82, 2.24) is 10.6 Å². The maximum absolute atomic E-state index is 12.2. The Balaban J connectivity index is 1.91. The molecule has 2 heterocycles. The molecule has 4 nitrogen and oxygen atoms in total. The Bertz CT molecular complexity index is 752. The molecule has 2 amide bonds. The Morgan fingerprint density at radius 1 is 1.40 bits per heavy atom. The van der Waals surface area contributed by atoms with Crippen molar-refractivity contribution < 1.29 is 9.59 Å². The van der Waals surface area contributed by atoms with Gasteiger partial charge in [0.1, 0.15) is 6.04 Å². The molecule has 1 unspecified atom stereocenters. The van der Waals surface area contributed by atoms with Crippen LogP contribution in [-0.4, -0.2) is 17.9 Å². The number of hydrogen-bond acceptors (Lipinski definition) is 4. The number of hydrogen-bond donors (Lipinski definition) is 2. The quantitative estimate of drug-likeness (QED) is 0.602. The summed E-state index contributed by atoms with van der Waals surface area (Å²) in [5.41, 5.74) is 5.02. The molecule has 0 bridgehead atoms. The van der Waals surface area contributed by atoms with E-state index < -0.39 is 0 Å². The first-order valence-corrected chi connectivity index (χ1v) is 9.74. The standard InChI is InChI=1S/C20H24N2O2S/c1-3-5-7-14-12-25-19(15(14)4-2)18(13-8-6-9-13)21-16-10-11-17(23)22-20(16)24/h3,5,7,12,16,21H,1,4,6,8-11H2,2H3,(H,22,23,24)/b7-5-. The van der Waals surface area contributed by atoms with Crippen molar-refractivity contribution in [1.29, 1.82) is 0 Å². The minimum Gasteiger partial charge on any atom is -0.373 e. The highest BCUT2D eigenvalue weighted by atomic mass is 32.1. The Morgan fingerprint density at radius 3 is 2.80 bits per heavy atom. The molecule has 0 aromatic carbocycles. The molecular formula is C20H24N2O2S. The van der Waals surface area contributed by atoms with Gasteiger partial charge < -0.3 is 5.32 Å². The van der Waals surface area contributed by atoms with E-state index in [9.17, 15) is 9.59 Å². The highest BCUT2D eigenvalue weighted by molar-refractivity contribution is 7.11. The number of nitrogens with one attached hydrogen (secondary N) is 2. The van der Waals surface area contributed by atoms with Crippen LogP contribution in [0.5, 0.6) is 0 Å². The van der Waals surface area contributed by atoms with E-state index >= 15 is 0 Å². The van der Waals surface area contributed by atoms with Crippen LogP contribution in [0.4, 0.5) is 0 Å². The Hall–Kier alpha value is -2.14. The fraction of sp³-hybridized carbons (Fsp3) is 0.400. The van der Waals surface area contributed by atoms with Gasteiger partial charge in [0.05, 0.1) is 10.6 Å². The lowest BCUT2D eigenvalue weighted by molar-refractivity contribution is -0.134. The summed E-state index contributed by atoms with van der Waals surface area (Å²) in [4.78, 5) is 24.8. The number of amides is 2. The van der Waals surface area contributed by atoms with Crippen LogP contribution in [0.3, 0.4) is 0 Å². The minimum atomic E-state index is -0.334. The lowest BCUT2D eigenvalue weighted by Crippen LogP contribution is -2.50. The molecule has 2 fully saturated rings. The molecule has 25 heavy (non-hydrogen) atoms. The van der Waals surface area contributed by atoms with Crippen molar-refractivity contribution in [3.63, 3.8) is 0 Å². The number of allylic oxidation sites excluding steroid dienone is 3. The van der Waals surface area contributed by atoms with E-state index in [2.05, 4.69) is 35.6 Å². The molecular weight excluding hydrogens is 332 g/mol. The zero-order valence-corrected chi connectivity index (χ0v) is 15.4. The smallest absolute Gasteiger partial charge is 0.249 e. The second-order valence-electron chi connectivity index (χ2n) is 6.43. The Morgan fingerprint density at radius 2 is 2.20 bits per heavy atom. The summed E-state index contributed by atoms with van der Waals surface area (Å²) in [6, 6.07) is -0.334. The molecule has 3 rings (SSSR count). The molecule has 132 valence electrons. The van der Waals surface area contributed by atoms with E-state index in [1.54, 1.807) is 17.4 Å². The summed E-state index contributed by atoms with van der Waals surface area (Å²) in [5.74, 6) is -0.391. The average molecular weight is 356 g/mol. The van der Waals surface area contributed by atoms with Gasteiger partial charge in [0, 0.05) is 6.42 Å². The van der Waals surface area contributed by atoms with E-state index in [4.69, 9.17) is 0 Å². The third-order valence-electron chi connectivity index (χ3n) is 4.79. The Labute approximate surface area is 152 Å². The summed E-state index contributed by atoms with van der Waals surface area (Å²) < 4.78 is 0. The van der Waals surface area contributed by atoms with E-state index in [0.717, 1.165) is 25.0 Å². The zero-order valence-electron chi connectivity index (χ0n) is 14.6. The van der Waals surface area contributed by atoms with Crippen LogP contribution in [0.15, 0.2) is 29.7 Å². The van der Waals surface area contributed by atoms with E-state index in [1.807, 2.05) is 6.08 Å². The number of carbonyl (C=O) groups excluding carboxylic acids is 2. The SMILES string of the molecule is C=C/C=C\c1csc(C(NC2CCC(=O)NC2=O)=C2CCC2)c1CC. The van der Waals surface area contributed by atoms with E-state index in [1.165, 1.54) is 28.0 Å². The van der Waals surface area contributed by atoms with Crippen molar-refractivity contribution in [2.24, 2.45) is 0 Å². The minimum absolute atomic E-state index is 0.178. The topological polar surface area (TPSA) is 58.2 Å². The van der Waals surface area contributed by atoms with Crippen molar-refractivity contribution in [3.8, 4) is 0 Å². The van der Waals surface area contributed by atoms with Crippen molar-refractivity contribution in [3.05, 3.63) is 45.7 Å². The van der Waals surface area contributed by atoms with Crippen LogP contribution in [0.25, 0.3) is 11.8 Å². The van der Waals surface area contributed by atoms with Gasteiger partial charge in [0.25, 0.3) is 0 Å². The van der Waals surface area contributed by atoms with Crippen LogP contribution < -0.4 is 10.6 Å². The van der Waals surface area contributed by atoms with Crippen LogP contribution in [0.2, 0.25) is 0 Å². The van der Waals surface area contributed by atoms with Gasteiger partial charge in [-0.1, -0.05) is 31.7 Å². The first kappa shape index (κ1) is 17.7. The first-order chi connectivity index (χ1) is 12.1. The van der Waals surface area contributed by atoms with Crippen LogP contribution >= 0.6 is 11.3 Å². The second kappa shape index (κ2) is 7.83. The molecule has 5 heteroatoms. The summed E-state index contributed by atoms with van der Waals surface area (Å²) in [5, 5.41) is 8.08. The van der Waals surface area contributed by atoms with Crippen LogP contribution in [0, 0.1) is 0 Å². The van der Waals surface area contributed by atoms with Crippen molar-refractivity contribution >= 4 is 34.9 Å². The summed E-state index contributed by atoms with van der Waals surface area (Å²) in [7, 11) is 0. The number of rotatable bonds is 6. The maximum atomic E-state index is 12.2. The average Bonchev–Trinajstić information content (AvgIpc) is 2.95. The van der Waals surface area contributed by atoms with Gasteiger partial charge in [0.2, 0.25) is 11.8 Å². The van der Waals surface area contributed by atoms with Gasteiger partial charge in [0.15, 0.2) is 0 Å². The van der Waals surface area contributed by atoms with Gasteiger partial charge >= 0.3 is 0 Å². The van der Waals surface area contributed by atoms with E-state index in [-0.39, 0.29) is 17.9 Å². The molecule has 2 N–H and O–H groups in total. The van der Waals surface area contributed by atoms with Crippen LogP contribution in [-0.2, 0) is 16.0 Å². The molecule has 0 spiro atoms. The lowest BCUT2D eigenvalue weighted by atomic mass is 9.88. The molecule has 0 radical (unpaired) electrons. The normalized spacial score (nSPS) is 20.4. The van der Waals surface area contributed by atoms with Crippen molar-refractivity contribution in [2.45, 2.75) is 51.5 Å². The predicted molar refractivity (Wildman–Crippen MR) is 103 cm³/mol. The van der Waals surface area contributed by atoms with Gasteiger partial charge in [-0.05, 0) is 54.2 Å². The molecule has 1 aliphatic carbocycles. The van der Waals surface area contributed by atoms with Gasteiger partial charge in [-0.15, -0.1) is 11.3 Å². The number of imide groups is 1.